The Morgan fingerprint density at radius 3 is 2.44 bits per heavy atom. The van der Waals surface area contributed by atoms with Gasteiger partial charge in [-0.3, -0.25) is 4.79 Å². The molecule has 0 radical (unpaired) electrons. The van der Waals surface area contributed by atoms with Crippen LogP contribution < -0.4 is 5.32 Å². The van der Waals surface area contributed by atoms with Crippen molar-refractivity contribution in [3.05, 3.63) is 84.2 Å². The number of allylic oxidation sites excluding steroid dienone is 9. The topological polar surface area (TPSA) is 49.3 Å². The fourth-order valence-electron chi connectivity index (χ4n) is 3.38. The van der Waals surface area contributed by atoms with Crippen LogP contribution in [0.25, 0.3) is 0 Å². The summed E-state index contributed by atoms with van der Waals surface area (Å²) in [6.07, 6.45) is 21.8. The molecule has 3 heteroatoms. The largest absolute Gasteiger partial charge is 0.508 e. The van der Waals surface area contributed by atoms with E-state index in [0.29, 0.717) is 13.0 Å². The molecule has 178 valence electrons. The molecule has 32 heavy (non-hydrogen) atoms. The number of unbranched alkanes of at least 4 members (excludes halogenated alkanes) is 3. The van der Waals surface area contributed by atoms with Gasteiger partial charge < -0.3 is 10.4 Å². The van der Waals surface area contributed by atoms with Gasteiger partial charge >= 0.3 is 0 Å². The van der Waals surface area contributed by atoms with Crippen LogP contribution >= 0.6 is 0 Å². The van der Waals surface area contributed by atoms with Gasteiger partial charge in [0, 0.05) is 6.54 Å². The highest BCUT2D eigenvalue weighted by atomic mass is 16.3. The first-order valence-corrected chi connectivity index (χ1v) is 11.8. The lowest BCUT2D eigenvalue weighted by atomic mass is 9.78. The smallest absolute Gasteiger partial charge is 0.243 e. The van der Waals surface area contributed by atoms with E-state index in [1.807, 2.05) is 44.2 Å². The molecule has 0 aliphatic rings. The van der Waals surface area contributed by atoms with Crippen LogP contribution in [0.4, 0.5) is 0 Å². The second kappa shape index (κ2) is 17.1. The summed E-state index contributed by atoms with van der Waals surface area (Å²) in [6, 6.07) is 0. The molecule has 3 nitrogen and oxygen atoms in total. The predicted octanol–water partition coefficient (Wildman–Crippen LogP) is 8.07. The Labute approximate surface area is 197 Å². The molecule has 0 spiro atoms. The molecule has 0 saturated carbocycles. The van der Waals surface area contributed by atoms with Crippen molar-refractivity contribution in [2.75, 3.05) is 6.54 Å². The fourth-order valence-corrected chi connectivity index (χ4v) is 3.38. The lowest BCUT2D eigenvalue weighted by molar-refractivity contribution is -0.116. The summed E-state index contributed by atoms with van der Waals surface area (Å²) < 4.78 is 0. The van der Waals surface area contributed by atoms with Crippen molar-refractivity contribution in [2.45, 2.75) is 79.6 Å². The molecule has 0 aliphatic heterocycles. The van der Waals surface area contributed by atoms with Crippen molar-refractivity contribution in [1.82, 2.24) is 5.32 Å². The van der Waals surface area contributed by atoms with Crippen molar-refractivity contribution < 1.29 is 9.90 Å². The van der Waals surface area contributed by atoms with E-state index in [0.717, 1.165) is 36.0 Å². The van der Waals surface area contributed by atoms with Gasteiger partial charge in [0.25, 0.3) is 0 Å². The van der Waals surface area contributed by atoms with Crippen molar-refractivity contribution in [2.24, 2.45) is 5.41 Å². The van der Waals surface area contributed by atoms with Crippen LogP contribution in [0, 0.1) is 5.41 Å². The first-order chi connectivity index (χ1) is 15.2. The second-order valence-corrected chi connectivity index (χ2v) is 8.82. The molecule has 0 aromatic carbocycles. The van der Waals surface area contributed by atoms with Crippen molar-refractivity contribution in [1.29, 1.82) is 0 Å². The predicted molar refractivity (Wildman–Crippen MR) is 141 cm³/mol. The van der Waals surface area contributed by atoms with Crippen LogP contribution in [0.1, 0.15) is 79.6 Å². The van der Waals surface area contributed by atoms with E-state index in [1.165, 1.54) is 19.3 Å². The Morgan fingerprint density at radius 1 is 1.12 bits per heavy atom. The Kier molecular flexibility index (Phi) is 15.7. The molecule has 1 amide bonds. The lowest BCUT2D eigenvalue weighted by Crippen LogP contribution is -2.22. The van der Waals surface area contributed by atoms with E-state index < -0.39 is 0 Å². The molecule has 0 rings (SSSR count). The third-order valence-electron chi connectivity index (χ3n) is 5.33. The third kappa shape index (κ3) is 13.7. The summed E-state index contributed by atoms with van der Waals surface area (Å²) >= 11 is 0. The number of amides is 1. The molecule has 0 aromatic rings. The number of aliphatic hydroxyl groups is 1. The molecular weight excluding hydrogens is 394 g/mol. The highest BCUT2D eigenvalue weighted by Crippen LogP contribution is 2.36. The Bertz CT molecular complexity index is 745. The fraction of sp³-hybridized carbons (Fsp3) is 0.483. The number of nitrogens with one attached hydrogen (secondary N) is 1. The molecule has 0 atom stereocenters. The molecule has 0 heterocycles. The zero-order valence-electron chi connectivity index (χ0n) is 21.0. The van der Waals surface area contributed by atoms with Crippen molar-refractivity contribution in [3.63, 3.8) is 0 Å². The SMILES string of the molecule is C=C/C=C(O)\C(=C/C/C=C/C(=O)NCCC(/C=C\C(=C)C)=C/C)C(C)(C)CCCCCC. The molecule has 0 bridgehead atoms. The number of hydrogen-bond acceptors (Lipinski definition) is 2. The van der Waals surface area contributed by atoms with Gasteiger partial charge in [0.1, 0.15) is 5.76 Å². The van der Waals surface area contributed by atoms with Gasteiger partial charge in [-0.05, 0) is 56.3 Å². The van der Waals surface area contributed by atoms with Crippen LogP contribution in [0.3, 0.4) is 0 Å². The third-order valence-corrected chi connectivity index (χ3v) is 5.33. The van der Waals surface area contributed by atoms with E-state index in [4.69, 9.17) is 0 Å². The zero-order valence-corrected chi connectivity index (χ0v) is 21.0. The molecule has 0 aliphatic carbocycles. The maximum atomic E-state index is 12.1. The molecule has 2 N–H and O–H groups in total. The highest BCUT2D eigenvalue weighted by molar-refractivity contribution is 5.87. The molecule has 0 unspecified atom stereocenters. The zero-order chi connectivity index (χ0) is 24.4. The average Bonchev–Trinajstić information content (AvgIpc) is 2.73. The van der Waals surface area contributed by atoms with Crippen LogP contribution in [-0.4, -0.2) is 17.6 Å². The monoisotopic (exact) mass is 439 g/mol. The molecular formula is C29H45NO2. The first-order valence-electron chi connectivity index (χ1n) is 11.8. The Hall–Kier alpha value is -2.55. The van der Waals surface area contributed by atoms with Gasteiger partial charge in [0.2, 0.25) is 5.91 Å². The maximum Gasteiger partial charge on any atom is 0.243 e. The second-order valence-electron chi connectivity index (χ2n) is 8.82. The van der Waals surface area contributed by atoms with Gasteiger partial charge in [-0.2, -0.15) is 0 Å². The normalized spacial score (nSPS) is 13.7. The van der Waals surface area contributed by atoms with Gasteiger partial charge in [0.05, 0.1) is 0 Å². The average molecular weight is 440 g/mol. The molecule has 0 saturated heterocycles. The van der Waals surface area contributed by atoms with E-state index in [9.17, 15) is 9.90 Å². The lowest BCUT2D eigenvalue weighted by Gasteiger charge is -2.28. The quantitative estimate of drug-likeness (QED) is 0.111. The van der Waals surface area contributed by atoms with Crippen molar-refractivity contribution >= 4 is 5.91 Å². The number of aliphatic hydroxyl groups excluding tert-OH is 1. The number of hydrogen-bond donors (Lipinski definition) is 2. The Morgan fingerprint density at radius 2 is 1.84 bits per heavy atom. The summed E-state index contributed by atoms with van der Waals surface area (Å²) in [7, 11) is 0. The summed E-state index contributed by atoms with van der Waals surface area (Å²) in [5, 5.41) is 13.4. The standard InChI is InChI=1S/C29H45NO2/c1-8-11-12-15-22-29(6,7)26(27(31)16-9-2)17-13-14-18-28(32)30-23-21-25(10-3)20-19-24(4)5/h9-10,14,16-20,31H,2,4,8,11-13,15,21-23H2,1,3,5-7H3,(H,30,32)/b18-14+,20-19-,25-10+,26-17+,27-16+. The van der Waals surface area contributed by atoms with Crippen LogP contribution in [0.15, 0.2) is 84.2 Å². The van der Waals surface area contributed by atoms with E-state index in [2.05, 4.69) is 39.2 Å². The van der Waals surface area contributed by atoms with Crippen LogP contribution in [0.2, 0.25) is 0 Å². The number of carbonyl (C=O) groups excluding carboxylic acids is 1. The minimum absolute atomic E-state index is 0.107. The van der Waals surface area contributed by atoms with Gasteiger partial charge in [-0.15, -0.1) is 0 Å². The highest BCUT2D eigenvalue weighted by Gasteiger charge is 2.25. The van der Waals surface area contributed by atoms with Gasteiger partial charge in [-0.25, -0.2) is 0 Å². The Balaban J connectivity index is 4.89. The van der Waals surface area contributed by atoms with Gasteiger partial charge in [-0.1, -0.05) is 107 Å². The molecule has 0 aromatic heterocycles. The summed E-state index contributed by atoms with van der Waals surface area (Å²) in [5.74, 6) is 0.143. The van der Waals surface area contributed by atoms with E-state index in [1.54, 1.807) is 18.2 Å². The van der Waals surface area contributed by atoms with Crippen LogP contribution in [0.5, 0.6) is 0 Å². The summed E-state index contributed by atoms with van der Waals surface area (Å²) in [4.78, 5) is 12.1. The maximum absolute atomic E-state index is 12.1. The van der Waals surface area contributed by atoms with Crippen molar-refractivity contribution in [3.8, 4) is 0 Å². The first kappa shape index (κ1) is 29.5. The van der Waals surface area contributed by atoms with E-state index in [-0.39, 0.29) is 17.1 Å². The van der Waals surface area contributed by atoms with Crippen LogP contribution in [-0.2, 0) is 4.79 Å². The van der Waals surface area contributed by atoms with E-state index >= 15 is 0 Å². The summed E-state index contributed by atoms with van der Waals surface area (Å²) in [6.45, 7) is 18.6. The number of rotatable bonds is 16. The number of carbonyl (C=O) groups is 1. The minimum Gasteiger partial charge on any atom is -0.508 e. The van der Waals surface area contributed by atoms with Gasteiger partial charge in [0.15, 0.2) is 0 Å². The molecule has 0 fully saturated rings. The minimum atomic E-state index is -0.145. The summed E-state index contributed by atoms with van der Waals surface area (Å²) in [5.41, 5.74) is 2.92.